The summed E-state index contributed by atoms with van der Waals surface area (Å²) >= 11 is 0. The third-order valence-corrected chi connectivity index (χ3v) is 5.62. The van der Waals surface area contributed by atoms with Gasteiger partial charge in [-0.15, -0.1) is 5.10 Å². The number of hydrazine groups is 1. The van der Waals surface area contributed by atoms with Gasteiger partial charge in [0.25, 0.3) is 5.91 Å². The van der Waals surface area contributed by atoms with E-state index in [2.05, 4.69) is 32.5 Å². The second-order valence-corrected chi connectivity index (χ2v) is 8.38. The topological polar surface area (TPSA) is 66.3 Å². The van der Waals surface area contributed by atoms with Crippen molar-refractivity contribution < 1.29 is 31.1 Å². The Morgan fingerprint density at radius 2 is 1.54 bits per heavy atom. The fourth-order valence-electron chi connectivity index (χ4n) is 3.76. The lowest BCUT2D eigenvalue weighted by molar-refractivity contribution is -0.143. The maximum absolute atomic E-state index is 13.1. The Balaban J connectivity index is 1.35. The highest BCUT2D eigenvalue weighted by atomic mass is 19.4. The molecule has 0 aliphatic carbocycles. The highest BCUT2D eigenvalue weighted by molar-refractivity contribution is 5.89. The molecule has 37 heavy (non-hydrogen) atoms. The van der Waals surface area contributed by atoms with Crippen LogP contribution in [-0.4, -0.2) is 56.8 Å². The van der Waals surface area contributed by atoms with Crippen molar-refractivity contribution in [1.82, 2.24) is 30.1 Å². The number of carbonyl (C=O) groups excluding carboxylic acids is 1. The summed E-state index contributed by atoms with van der Waals surface area (Å²) in [6.45, 7) is 3.53. The Kier molecular flexibility index (Phi) is 7.64. The molecule has 0 bridgehead atoms. The third-order valence-electron chi connectivity index (χ3n) is 5.62. The summed E-state index contributed by atoms with van der Waals surface area (Å²) < 4.78 is 79.6. The summed E-state index contributed by atoms with van der Waals surface area (Å²) in [5.74, 6) is -0.816. The van der Waals surface area contributed by atoms with Gasteiger partial charge < -0.3 is 0 Å². The Bertz CT molecular complexity index is 1210. The van der Waals surface area contributed by atoms with Gasteiger partial charge in [0.2, 0.25) is 0 Å². The van der Waals surface area contributed by atoms with Crippen LogP contribution in [0.2, 0.25) is 0 Å². The van der Waals surface area contributed by atoms with E-state index >= 15 is 0 Å². The number of halogens is 6. The molecule has 1 amide bonds. The van der Waals surface area contributed by atoms with Crippen molar-refractivity contribution in [2.45, 2.75) is 18.9 Å². The Morgan fingerprint density at radius 3 is 2.14 bits per heavy atom. The molecule has 196 valence electrons. The zero-order chi connectivity index (χ0) is 26.6. The van der Waals surface area contributed by atoms with Crippen LogP contribution in [0.4, 0.5) is 26.3 Å². The molecule has 7 nitrogen and oxygen atoms in total. The largest absolute Gasteiger partial charge is 0.416 e. The molecular formula is C24H22F6N6O. The first-order valence-corrected chi connectivity index (χ1v) is 11.2. The summed E-state index contributed by atoms with van der Waals surface area (Å²) in [7, 11) is 0. The summed E-state index contributed by atoms with van der Waals surface area (Å²) in [6.07, 6.45) is -6.54. The van der Waals surface area contributed by atoms with E-state index in [-0.39, 0.29) is 11.9 Å². The first-order chi connectivity index (χ1) is 17.5. The van der Waals surface area contributed by atoms with E-state index in [1.165, 1.54) is 11.8 Å². The molecule has 1 fully saturated rings. The zero-order valence-electron chi connectivity index (χ0n) is 19.3. The maximum Gasteiger partial charge on any atom is 0.416 e. The second-order valence-electron chi connectivity index (χ2n) is 8.38. The Morgan fingerprint density at radius 1 is 0.919 bits per heavy atom. The SMILES string of the molecule is O=C(/C=C\n1cnc(-c2cc(C(F)(F)F)cc(C(F)(F)F)c2)n1)NN1CCN(Cc2ccccc2)CC1. The Hall–Kier alpha value is -3.71. The standard InChI is InChI=1S/C24H22F6N6O/c25-23(26,27)19-12-18(13-20(14-19)24(28,29)30)22-31-16-36(33-22)7-6-21(37)32-35-10-8-34(9-11-35)15-17-4-2-1-3-5-17/h1-7,12-14,16H,8-11,15H2,(H,32,37)/b7-6-. The van der Waals surface area contributed by atoms with Crippen molar-refractivity contribution in [1.29, 1.82) is 0 Å². The van der Waals surface area contributed by atoms with Crippen molar-refractivity contribution >= 4 is 12.1 Å². The van der Waals surface area contributed by atoms with Crippen molar-refractivity contribution in [3.8, 4) is 11.4 Å². The van der Waals surface area contributed by atoms with E-state index in [1.807, 2.05) is 18.2 Å². The van der Waals surface area contributed by atoms with E-state index in [0.717, 1.165) is 36.7 Å². The minimum atomic E-state index is -4.98. The first-order valence-electron chi connectivity index (χ1n) is 11.2. The van der Waals surface area contributed by atoms with Gasteiger partial charge in [-0.25, -0.2) is 14.7 Å². The number of nitrogens with zero attached hydrogens (tertiary/aromatic N) is 5. The number of alkyl halides is 6. The quantitative estimate of drug-likeness (QED) is 0.385. The number of piperazine rings is 1. The van der Waals surface area contributed by atoms with Gasteiger partial charge in [-0.3, -0.25) is 15.1 Å². The molecule has 1 N–H and O–H groups in total. The lowest BCUT2D eigenvalue weighted by Crippen LogP contribution is -2.52. The number of hydrogen-bond acceptors (Lipinski definition) is 5. The van der Waals surface area contributed by atoms with Gasteiger partial charge in [0.15, 0.2) is 5.82 Å². The van der Waals surface area contributed by atoms with Crippen LogP contribution in [0, 0.1) is 0 Å². The Labute approximate surface area is 208 Å². The van der Waals surface area contributed by atoms with Crippen LogP contribution in [-0.2, 0) is 23.7 Å². The lowest BCUT2D eigenvalue weighted by atomic mass is 10.0. The normalized spacial score (nSPS) is 15.8. The van der Waals surface area contributed by atoms with Crippen molar-refractivity contribution in [3.63, 3.8) is 0 Å². The number of benzene rings is 2. The number of carbonyl (C=O) groups is 1. The minimum absolute atomic E-state index is 0.0339. The fraction of sp³-hybridized carbons (Fsp3) is 0.292. The van der Waals surface area contributed by atoms with Crippen LogP contribution < -0.4 is 5.43 Å². The van der Waals surface area contributed by atoms with Crippen LogP contribution in [0.1, 0.15) is 16.7 Å². The monoisotopic (exact) mass is 524 g/mol. The third kappa shape index (κ3) is 7.17. The number of rotatable bonds is 6. The van der Waals surface area contributed by atoms with E-state index in [4.69, 9.17) is 0 Å². The molecule has 4 rings (SSSR count). The van der Waals surface area contributed by atoms with Crippen LogP contribution in [0.25, 0.3) is 17.6 Å². The molecule has 1 aromatic heterocycles. The van der Waals surface area contributed by atoms with Crippen LogP contribution in [0.3, 0.4) is 0 Å². The van der Waals surface area contributed by atoms with Crippen LogP contribution in [0.5, 0.6) is 0 Å². The highest BCUT2D eigenvalue weighted by Crippen LogP contribution is 2.38. The average Bonchev–Trinajstić information content (AvgIpc) is 3.33. The first kappa shape index (κ1) is 26.4. The van der Waals surface area contributed by atoms with E-state index in [1.54, 1.807) is 5.01 Å². The van der Waals surface area contributed by atoms with E-state index in [0.29, 0.717) is 25.2 Å². The maximum atomic E-state index is 13.1. The molecule has 0 unspecified atom stereocenters. The van der Waals surface area contributed by atoms with Gasteiger partial charge >= 0.3 is 12.4 Å². The average molecular weight is 524 g/mol. The molecule has 2 heterocycles. The van der Waals surface area contributed by atoms with Crippen LogP contribution in [0.15, 0.2) is 60.9 Å². The molecule has 0 atom stereocenters. The molecular weight excluding hydrogens is 502 g/mol. The van der Waals surface area contributed by atoms with Gasteiger partial charge in [0.05, 0.1) is 11.1 Å². The molecule has 1 aliphatic heterocycles. The molecule has 13 heteroatoms. The minimum Gasteiger partial charge on any atom is -0.296 e. The van der Waals surface area contributed by atoms with E-state index in [9.17, 15) is 31.1 Å². The molecule has 2 aromatic carbocycles. The van der Waals surface area contributed by atoms with Crippen molar-refractivity contribution in [2.24, 2.45) is 0 Å². The summed E-state index contributed by atoms with van der Waals surface area (Å²) in [5.41, 5.74) is 0.551. The fourth-order valence-corrected chi connectivity index (χ4v) is 3.76. The lowest BCUT2D eigenvalue weighted by Gasteiger charge is -2.34. The molecule has 1 saturated heterocycles. The van der Waals surface area contributed by atoms with Gasteiger partial charge in [-0.2, -0.15) is 26.3 Å². The molecule has 3 aromatic rings. The van der Waals surface area contributed by atoms with Gasteiger partial charge in [0.1, 0.15) is 6.33 Å². The number of nitrogens with one attached hydrogen (secondary N) is 1. The predicted molar refractivity (Wildman–Crippen MR) is 122 cm³/mol. The number of amides is 1. The highest BCUT2D eigenvalue weighted by Gasteiger charge is 2.37. The number of hydrogen-bond donors (Lipinski definition) is 1. The zero-order valence-corrected chi connectivity index (χ0v) is 19.3. The summed E-state index contributed by atoms with van der Waals surface area (Å²) in [4.78, 5) is 18.3. The van der Waals surface area contributed by atoms with Gasteiger partial charge in [0, 0.05) is 50.6 Å². The second kappa shape index (κ2) is 10.7. The van der Waals surface area contributed by atoms with Gasteiger partial charge in [-0.1, -0.05) is 30.3 Å². The predicted octanol–water partition coefficient (Wildman–Crippen LogP) is 4.30. The van der Waals surface area contributed by atoms with E-state index < -0.39 is 35.0 Å². The molecule has 0 radical (unpaired) electrons. The molecule has 1 aliphatic rings. The van der Waals surface area contributed by atoms with Crippen LogP contribution >= 0.6 is 0 Å². The van der Waals surface area contributed by atoms with Crippen molar-refractivity contribution in [3.05, 3.63) is 77.6 Å². The summed E-state index contributed by atoms with van der Waals surface area (Å²) in [6, 6.07) is 11.1. The summed E-state index contributed by atoms with van der Waals surface area (Å²) in [5, 5.41) is 5.65. The van der Waals surface area contributed by atoms with Gasteiger partial charge in [-0.05, 0) is 23.8 Å². The molecule has 0 saturated carbocycles. The molecule has 0 spiro atoms. The number of aromatic nitrogens is 3. The smallest absolute Gasteiger partial charge is 0.296 e. The van der Waals surface area contributed by atoms with Crippen molar-refractivity contribution in [2.75, 3.05) is 26.2 Å².